The smallest absolute Gasteiger partial charge is 0.323 e. The number of carbonyl (C=O) groups excluding carboxylic acids is 2. The van der Waals surface area contributed by atoms with Crippen molar-refractivity contribution < 1.29 is 22.8 Å². The van der Waals surface area contributed by atoms with Crippen molar-refractivity contribution in [1.29, 1.82) is 0 Å². The molecule has 2 aromatic carbocycles. The van der Waals surface area contributed by atoms with E-state index in [9.17, 15) is 13.2 Å². The molecule has 4 nitrogen and oxygen atoms in total. The van der Waals surface area contributed by atoms with Crippen LogP contribution in [0.5, 0.6) is 0 Å². The summed E-state index contributed by atoms with van der Waals surface area (Å²) >= 11 is 12.0. The first-order valence-corrected chi connectivity index (χ1v) is 8.92. The van der Waals surface area contributed by atoms with Crippen LogP contribution >= 0.6 is 23.2 Å². The maximum absolute atomic E-state index is 12.9. The first-order chi connectivity index (χ1) is 13.2. The summed E-state index contributed by atoms with van der Waals surface area (Å²) in [5, 5.41) is 0.555. The van der Waals surface area contributed by atoms with Gasteiger partial charge in [-0.1, -0.05) is 54.4 Å². The van der Waals surface area contributed by atoms with Crippen LogP contribution in [0.15, 0.2) is 36.4 Å². The second-order valence-corrected chi connectivity index (χ2v) is 6.73. The highest BCUT2D eigenvalue weighted by atomic mass is 35.5. The lowest BCUT2D eigenvalue weighted by Gasteiger charge is -2.12. The number of hydrogen-bond acceptors (Lipinski definition) is 3. The Morgan fingerprint density at radius 1 is 1.04 bits per heavy atom. The first-order valence-electron chi connectivity index (χ1n) is 8.16. The molecule has 0 fully saturated rings. The maximum Gasteiger partial charge on any atom is 0.396 e. The molecule has 3 rings (SSSR count). The molecule has 1 aromatic heterocycles. The summed E-state index contributed by atoms with van der Waals surface area (Å²) in [5.41, 5.74) is 3.00. The molecule has 0 atom stereocenters. The molecule has 0 saturated heterocycles. The SMILES string of the molecule is CCc1ccc(Cn2c(CC(F)(F)F)nc3cc(Cl)c(Cl)cc32)cc1.O=C=O. The number of fused-ring (bicyclic) bond motifs is 1. The molecular weight excluding hydrogens is 416 g/mol. The van der Waals surface area contributed by atoms with Crippen molar-refractivity contribution in [3.63, 3.8) is 0 Å². The zero-order chi connectivity index (χ0) is 20.9. The number of alkyl halides is 3. The number of nitrogens with zero attached hydrogens (tertiary/aromatic N) is 2. The average molecular weight is 431 g/mol. The highest BCUT2D eigenvalue weighted by Crippen LogP contribution is 2.31. The van der Waals surface area contributed by atoms with Gasteiger partial charge in [0.05, 0.1) is 21.1 Å². The quantitative estimate of drug-likeness (QED) is 0.550. The largest absolute Gasteiger partial charge is 0.396 e. The van der Waals surface area contributed by atoms with Gasteiger partial charge in [0.15, 0.2) is 0 Å². The molecule has 0 aliphatic carbocycles. The molecule has 28 heavy (non-hydrogen) atoms. The normalized spacial score (nSPS) is 11.1. The van der Waals surface area contributed by atoms with E-state index in [1.165, 1.54) is 11.6 Å². The highest BCUT2D eigenvalue weighted by Gasteiger charge is 2.31. The molecule has 0 bridgehead atoms. The molecule has 9 heteroatoms. The van der Waals surface area contributed by atoms with E-state index in [4.69, 9.17) is 32.8 Å². The fraction of sp³-hybridized carbons (Fsp3) is 0.263. The van der Waals surface area contributed by atoms with Gasteiger partial charge in [-0.3, -0.25) is 0 Å². The zero-order valence-electron chi connectivity index (χ0n) is 14.7. The van der Waals surface area contributed by atoms with Gasteiger partial charge in [-0.2, -0.15) is 22.8 Å². The second kappa shape index (κ2) is 9.24. The number of imidazole rings is 1. The lowest BCUT2D eigenvalue weighted by atomic mass is 10.1. The Labute approximate surface area is 168 Å². The molecule has 0 amide bonds. The van der Waals surface area contributed by atoms with Crippen LogP contribution in [0, 0.1) is 0 Å². The molecule has 0 aliphatic rings. The summed E-state index contributed by atoms with van der Waals surface area (Å²) in [7, 11) is 0. The molecule has 3 aromatic rings. The van der Waals surface area contributed by atoms with Crippen molar-refractivity contribution >= 4 is 40.4 Å². The maximum atomic E-state index is 12.9. The van der Waals surface area contributed by atoms with Crippen LogP contribution in [-0.2, 0) is 29.0 Å². The summed E-state index contributed by atoms with van der Waals surface area (Å²) in [6, 6.07) is 10.8. The minimum Gasteiger partial charge on any atom is -0.323 e. The van der Waals surface area contributed by atoms with Crippen LogP contribution in [0.1, 0.15) is 23.9 Å². The monoisotopic (exact) mass is 430 g/mol. The van der Waals surface area contributed by atoms with Gasteiger partial charge in [-0.15, -0.1) is 0 Å². The van der Waals surface area contributed by atoms with Gasteiger partial charge >= 0.3 is 12.3 Å². The highest BCUT2D eigenvalue weighted by molar-refractivity contribution is 6.42. The van der Waals surface area contributed by atoms with E-state index in [0.717, 1.165) is 12.0 Å². The molecule has 0 saturated carbocycles. The van der Waals surface area contributed by atoms with E-state index in [1.807, 2.05) is 31.2 Å². The van der Waals surface area contributed by atoms with Crippen molar-refractivity contribution in [2.45, 2.75) is 32.5 Å². The summed E-state index contributed by atoms with van der Waals surface area (Å²) in [4.78, 5) is 20.4. The van der Waals surface area contributed by atoms with Gasteiger partial charge in [-0.05, 0) is 29.7 Å². The standard InChI is InChI=1S/C18H15Cl2F3N2.CO2/c1-2-11-3-5-12(6-4-11)10-25-16-8-14(20)13(19)7-15(16)24-17(25)9-18(21,22)23;2-1-3/h3-8H,2,9-10H2,1H3;. The number of aryl methyl sites for hydroxylation is 1. The molecule has 0 spiro atoms. The number of aromatic nitrogens is 2. The molecule has 0 aliphatic heterocycles. The van der Waals surface area contributed by atoms with Crippen molar-refractivity contribution in [2.75, 3.05) is 0 Å². The molecule has 0 radical (unpaired) electrons. The van der Waals surface area contributed by atoms with Crippen LogP contribution in [0.25, 0.3) is 11.0 Å². The van der Waals surface area contributed by atoms with Crippen molar-refractivity contribution in [1.82, 2.24) is 9.55 Å². The Bertz CT molecular complexity index is 993. The Morgan fingerprint density at radius 3 is 2.11 bits per heavy atom. The number of hydrogen-bond donors (Lipinski definition) is 0. The minimum absolute atomic E-state index is 0.0552. The van der Waals surface area contributed by atoms with E-state index >= 15 is 0 Å². The molecule has 0 unspecified atom stereocenters. The van der Waals surface area contributed by atoms with Gasteiger partial charge in [0.1, 0.15) is 12.2 Å². The van der Waals surface area contributed by atoms with E-state index in [2.05, 4.69) is 4.98 Å². The van der Waals surface area contributed by atoms with Crippen molar-refractivity contribution in [3.05, 3.63) is 63.4 Å². The van der Waals surface area contributed by atoms with E-state index < -0.39 is 12.6 Å². The molecule has 0 N–H and O–H groups in total. The third-order valence-electron chi connectivity index (χ3n) is 4.00. The topological polar surface area (TPSA) is 52.0 Å². The van der Waals surface area contributed by atoms with Gasteiger partial charge in [-0.25, -0.2) is 4.98 Å². The molecular formula is C19H15Cl2F3N2O2. The Morgan fingerprint density at radius 2 is 1.57 bits per heavy atom. The average Bonchev–Trinajstić information content (AvgIpc) is 2.91. The third-order valence-corrected chi connectivity index (χ3v) is 4.72. The Hall–Kier alpha value is -2.34. The van der Waals surface area contributed by atoms with Gasteiger partial charge in [0, 0.05) is 6.54 Å². The summed E-state index contributed by atoms with van der Waals surface area (Å²) in [6.07, 6.45) is -4.30. The minimum atomic E-state index is -4.35. The van der Waals surface area contributed by atoms with Crippen molar-refractivity contribution in [3.8, 4) is 0 Å². The van der Waals surface area contributed by atoms with E-state index in [0.29, 0.717) is 11.0 Å². The Kier molecular flexibility index (Phi) is 7.24. The number of benzene rings is 2. The predicted molar refractivity (Wildman–Crippen MR) is 99.4 cm³/mol. The fourth-order valence-electron chi connectivity index (χ4n) is 2.72. The van der Waals surface area contributed by atoms with Gasteiger partial charge < -0.3 is 4.57 Å². The first kappa shape index (κ1) is 22.0. The lowest BCUT2D eigenvalue weighted by molar-refractivity contribution is -0.191. The fourth-order valence-corrected chi connectivity index (χ4v) is 3.04. The third kappa shape index (κ3) is 5.58. The van der Waals surface area contributed by atoms with E-state index in [1.54, 1.807) is 10.6 Å². The predicted octanol–water partition coefficient (Wildman–Crippen LogP) is 5.48. The van der Waals surface area contributed by atoms with Crippen LogP contribution in [0.4, 0.5) is 13.2 Å². The zero-order valence-corrected chi connectivity index (χ0v) is 16.2. The van der Waals surface area contributed by atoms with Crippen LogP contribution < -0.4 is 0 Å². The Balaban J connectivity index is 0.000000878. The van der Waals surface area contributed by atoms with Crippen LogP contribution in [0.3, 0.4) is 0 Å². The molecule has 1 heterocycles. The van der Waals surface area contributed by atoms with Crippen LogP contribution in [-0.4, -0.2) is 21.9 Å². The summed E-state index contributed by atoms with van der Waals surface area (Å²) in [5.74, 6) is -0.0552. The summed E-state index contributed by atoms with van der Waals surface area (Å²) in [6.45, 7) is 2.33. The van der Waals surface area contributed by atoms with E-state index in [-0.39, 0.29) is 28.6 Å². The number of rotatable bonds is 4. The van der Waals surface area contributed by atoms with Crippen molar-refractivity contribution in [2.24, 2.45) is 0 Å². The van der Waals surface area contributed by atoms with Gasteiger partial charge in [0.25, 0.3) is 0 Å². The number of halogens is 5. The van der Waals surface area contributed by atoms with Crippen LogP contribution in [0.2, 0.25) is 10.0 Å². The van der Waals surface area contributed by atoms with Gasteiger partial charge in [0.2, 0.25) is 0 Å². The second-order valence-electron chi connectivity index (χ2n) is 5.91. The summed E-state index contributed by atoms with van der Waals surface area (Å²) < 4.78 is 40.4. The molecule has 148 valence electrons. The lowest BCUT2D eigenvalue weighted by Crippen LogP contribution is -2.16.